The average molecular weight is 287 g/mol. The molecular formula is C11H21N5O2S. The van der Waals surface area contributed by atoms with Crippen molar-refractivity contribution in [2.75, 3.05) is 32.5 Å². The van der Waals surface area contributed by atoms with E-state index >= 15 is 0 Å². The van der Waals surface area contributed by atoms with Crippen molar-refractivity contribution in [1.29, 1.82) is 0 Å². The molecule has 0 radical (unpaired) electrons. The van der Waals surface area contributed by atoms with Crippen LogP contribution in [0.25, 0.3) is 0 Å². The largest absolute Gasteiger partial charge is 0.355 e. The SMILES string of the molecule is CCNc1ncc(S(=O)(=O)NCC(C)N(C)C)cn1. The summed E-state index contributed by atoms with van der Waals surface area (Å²) in [5, 5.41) is 2.91. The first kappa shape index (κ1) is 15.8. The second-order valence-electron chi connectivity index (χ2n) is 4.44. The average Bonchev–Trinajstić information content (AvgIpc) is 2.37. The number of anilines is 1. The van der Waals surface area contributed by atoms with Gasteiger partial charge >= 0.3 is 0 Å². The van der Waals surface area contributed by atoms with Gasteiger partial charge in [0.05, 0.1) is 12.4 Å². The Balaban J connectivity index is 2.71. The van der Waals surface area contributed by atoms with Gasteiger partial charge in [0.1, 0.15) is 4.90 Å². The molecule has 0 spiro atoms. The Morgan fingerprint density at radius 2 is 1.89 bits per heavy atom. The van der Waals surface area contributed by atoms with E-state index in [0.29, 0.717) is 19.0 Å². The van der Waals surface area contributed by atoms with Gasteiger partial charge in [0, 0.05) is 19.1 Å². The van der Waals surface area contributed by atoms with E-state index < -0.39 is 10.0 Å². The number of nitrogens with zero attached hydrogens (tertiary/aromatic N) is 3. The van der Waals surface area contributed by atoms with Crippen LogP contribution in [0.3, 0.4) is 0 Å². The summed E-state index contributed by atoms with van der Waals surface area (Å²) in [7, 11) is 0.242. The molecule has 1 aromatic heterocycles. The lowest BCUT2D eigenvalue weighted by molar-refractivity contribution is 0.314. The molecule has 7 nitrogen and oxygen atoms in total. The molecule has 1 unspecified atom stereocenters. The van der Waals surface area contributed by atoms with E-state index in [1.807, 2.05) is 32.8 Å². The minimum atomic E-state index is -3.55. The van der Waals surface area contributed by atoms with Gasteiger partial charge in [-0.25, -0.2) is 23.1 Å². The quantitative estimate of drug-likeness (QED) is 0.741. The van der Waals surface area contributed by atoms with Crippen molar-refractivity contribution in [3.63, 3.8) is 0 Å². The van der Waals surface area contributed by atoms with E-state index in [4.69, 9.17) is 0 Å². The molecule has 0 aliphatic rings. The zero-order valence-electron chi connectivity index (χ0n) is 11.7. The zero-order chi connectivity index (χ0) is 14.5. The van der Waals surface area contributed by atoms with Crippen LogP contribution in [0.15, 0.2) is 17.3 Å². The number of nitrogens with one attached hydrogen (secondary N) is 2. The first-order valence-corrected chi connectivity index (χ1v) is 7.57. The van der Waals surface area contributed by atoms with E-state index in [1.165, 1.54) is 12.4 Å². The van der Waals surface area contributed by atoms with E-state index in [2.05, 4.69) is 20.0 Å². The number of rotatable bonds is 7. The zero-order valence-corrected chi connectivity index (χ0v) is 12.5. The van der Waals surface area contributed by atoms with Crippen LogP contribution in [0.1, 0.15) is 13.8 Å². The van der Waals surface area contributed by atoms with Gasteiger partial charge < -0.3 is 10.2 Å². The van der Waals surface area contributed by atoms with Gasteiger partial charge in [0.2, 0.25) is 16.0 Å². The van der Waals surface area contributed by atoms with Gasteiger partial charge in [-0.05, 0) is 27.9 Å². The van der Waals surface area contributed by atoms with Crippen LogP contribution < -0.4 is 10.0 Å². The lowest BCUT2D eigenvalue weighted by Gasteiger charge is -2.19. The molecule has 0 aliphatic heterocycles. The topological polar surface area (TPSA) is 87.2 Å². The fourth-order valence-electron chi connectivity index (χ4n) is 1.20. The van der Waals surface area contributed by atoms with Gasteiger partial charge in [0.15, 0.2) is 0 Å². The second-order valence-corrected chi connectivity index (χ2v) is 6.20. The second kappa shape index (κ2) is 6.78. The molecule has 1 atom stereocenters. The van der Waals surface area contributed by atoms with E-state index in [1.54, 1.807) is 0 Å². The lowest BCUT2D eigenvalue weighted by atomic mass is 10.3. The summed E-state index contributed by atoms with van der Waals surface area (Å²) in [6.45, 7) is 4.88. The fraction of sp³-hybridized carbons (Fsp3) is 0.636. The molecular weight excluding hydrogens is 266 g/mol. The van der Waals surface area contributed by atoms with Gasteiger partial charge in [-0.15, -0.1) is 0 Å². The fourth-order valence-corrected chi connectivity index (χ4v) is 2.21. The summed E-state index contributed by atoms with van der Waals surface area (Å²) < 4.78 is 26.5. The number of hydrogen-bond acceptors (Lipinski definition) is 6. The molecule has 1 aromatic rings. The molecule has 1 heterocycles. The van der Waals surface area contributed by atoms with E-state index in [-0.39, 0.29) is 10.9 Å². The van der Waals surface area contributed by atoms with Gasteiger partial charge in [-0.3, -0.25) is 0 Å². The van der Waals surface area contributed by atoms with Crippen LogP contribution in [-0.4, -0.2) is 56.5 Å². The van der Waals surface area contributed by atoms with Crippen molar-refractivity contribution in [2.24, 2.45) is 0 Å². The summed E-state index contributed by atoms with van der Waals surface area (Å²) in [5.41, 5.74) is 0. The van der Waals surface area contributed by atoms with E-state index in [9.17, 15) is 8.42 Å². The molecule has 0 saturated heterocycles. The Morgan fingerprint density at radius 3 is 2.37 bits per heavy atom. The first-order valence-electron chi connectivity index (χ1n) is 6.08. The van der Waals surface area contributed by atoms with Gasteiger partial charge in [0.25, 0.3) is 0 Å². The highest BCUT2D eigenvalue weighted by molar-refractivity contribution is 7.89. The normalized spacial score (nSPS) is 13.5. The predicted molar refractivity (Wildman–Crippen MR) is 74.5 cm³/mol. The molecule has 0 saturated carbocycles. The number of likely N-dealkylation sites (N-methyl/N-ethyl adjacent to an activating group) is 1. The maximum absolute atomic E-state index is 12.0. The van der Waals surface area contributed by atoms with Crippen molar-refractivity contribution >= 4 is 16.0 Å². The smallest absolute Gasteiger partial charge is 0.243 e. The molecule has 108 valence electrons. The third kappa shape index (κ3) is 4.73. The van der Waals surface area contributed by atoms with Crippen LogP contribution in [0.5, 0.6) is 0 Å². The Morgan fingerprint density at radius 1 is 1.32 bits per heavy atom. The lowest BCUT2D eigenvalue weighted by Crippen LogP contribution is -2.38. The summed E-state index contributed by atoms with van der Waals surface area (Å²) in [5.74, 6) is 0.420. The number of sulfonamides is 1. The molecule has 0 aliphatic carbocycles. The van der Waals surface area contributed by atoms with E-state index in [0.717, 1.165) is 0 Å². The van der Waals surface area contributed by atoms with Crippen molar-refractivity contribution in [2.45, 2.75) is 24.8 Å². The maximum atomic E-state index is 12.0. The molecule has 0 fully saturated rings. The van der Waals surface area contributed by atoms with Crippen molar-refractivity contribution in [3.8, 4) is 0 Å². The molecule has 2 N–H and O–H groups in total. The third-order valence-corrected chi connectivity index (χ3v) is 4.10. The maximum Gasteiger partial charge on any atom is 0.243 e. The first-order chi connectivity index (χ1) is 8.86. The molecule has 19 heavy (non-hydrogen) atoms. The monoisotopic (exact) mass is 287 g/mol. The summed E-state index contributed by atoms with van der Waals surface area (Å²) in [4.78, 5) is 9.90. The molecule has 0 amide bonds. The molecule has 1 rings (SSSR count). The van der Waals surface area contributed by atoms with Crippen LogP contribution in [-0.2, 0) is 10.0 Å². The predicted octanol–water partition coefficient (Wildman–Crippen LogP) is 0.137. The third-order valence-electron chi connectivity index (χ3n) is 2.72. The van der Waals surface area contributed by atoms with Crippen molar-refractivity contribution in [3.05, 3.63) is 12.4 Å². The summed E-state index contributed by atoms with van der Waals surface area (Å²) >= 11 is 0. The van der Waals surface area contributed by atoms with Crippen LogP contribution in [0.4, 0.5) is 5.95 Å². The van der Waals surface area contributed by atoms with Crippen molar-refractivity contribution < 1.29 is 8.42 Å². The highest BCUT2D eigenvalue weighted by atomic mass is 32.2. The van der Waals surface area contributed by atoms with Gasteiger partial charge in [-0.1, -0.05) is 0 Å². The number of hydrogen-bond donors (Lipinski definition) is 2. The molecule has 0 bridgehead atoms. The van der Waals surface area contributed by atoms with Crippen LogP contribution in [0, 0.1) is 0 Å². The Labute approximate surface area is 114 Å². The minimum absolute atomic E-state index is 0.0695. The van der Waals surface area contributed by atoms with Crippen LogP contribution in [0.2, 0.25) is 0 Å². The van der Waals surface area contributed by atoms with Crippen LogP contribution >= 0.6 is 0 Å². The Bertz CT molecular complexity index is 486. The highest BCUT2D eigenvalue weighted by Gasteiger charge is 2.16. The standard InChI is InChI=1S/C11H21N5O2S/c1-5-12-11-13-7-10(8-14-11)19(17,18)15-6-9(2)16(3)4/h7-9,15H,5-6H2,1-4H3,(H,12,13,14). The Kier molecular flexibility index (Phi) is 5.64. The summed E-state index contributed by atoms with van der Waals surface area (Å²) in [6.07, 6.45) is 2.60. The minimum Gasteiger partial charge on any atom is -0.355 e. The highest BCUT2D eigenvalue weighted by Crippen LogP contribution is 2.07. The molecule has 8 heteroatoms. The van der Waals surface area contributed by atoms with Crippen molar-refractivity contribution in [1.82, 2.24) is 19.6 Å². The Hall–Kier alpha value is -1.25. The molecule has 0 aromatic carbocycles. The van der Waals surface area contributed by atoms with Gasteiger partial charge in [-0.2, -0.15) is 0 Å². The summed E-state index contributed by atoms with van der Waals surface area (Å²) in [6, 6.07) is 0.108. The number of aromatic nitrogens is 2.